The van der Waals surface area contributed by atoms with Crippen LogP contribution in [-0.2, 0) is 9.59 Å². The number of carbonyl (C=O) groups excluding carboxylic acids is 3. The quantitative estimate of drug-likeness (QED) is 0.342. The predicted octanol–water partition coefficient (Wildman–Crippen LogP) is 4.98. The maximum Gasteiger partial charge on any atom is 0.255 e. The summed E-state index contributed by atoms with van der Waals surface area (Å²) < 4.78 is 6.14. The van der Waals surface area contributed by atoms with Gasteiger partial charge in [-0.15, -0.1) is 11.8 Å². The number of hydrogen-bond acceptors (Lipinski definition) is 5. The summed E-state index contributed by atoms with van der Waals surface area (Å²) in [6, 6.07) is 21.4. The summed E-state index contributed by atoms with van der Waals surface area (Å²) in [5.74, 6) is 0.0522. The van der Waals surface area contributed by atoms with Crippen LogP contribution < -0.4 is 15.0 Å². The number of anilines is 2. The summed E-state index contributed by atoms with van der Waals surface area (Å²) in [6.07, 6.45) is 0.158. The summed E-state index contributed by atoms with van der Waals surface area (Å²) in [4.78, 5) is 39.8. The smallest absolute Gasteiger partial charge is 0.255 e. The zero-order valence-electron chi connectivity index (χ0n) is 17.1. The first-order valence-corrected chi connectivity index (χ1v) is 11.7. The summed E-state index contributed by atoms with van der Waals surface area (Å²) in [6.45, 7) is 0. The van der Waals surface area contributed by atoms with Crippen LogP contribution in [0.2, 0.25) is 0 Å². The van der Waals surface area contributed by atoms with Gasteiger partial charge in [-0.05, 0) is 95.4 Å². The van der Waals surface area contributed by atoms with Crippen LogP contribution in [-0.4, -0.2) is 30.1 Å². The third-order valence-corrected chi connectivity index (χ3v) is 6.85. The van der Waals surface area contributed by atoms with Gasteiger partial charge in [-0.2, -0.15) is 0 Å². The molecule has 32 heavy (non-hydrogen) atoms. The number of nitrogens with one attached hydrogen (secondary N) is 1. The fourth-order valence-corrected chi connectivity index (χ4v) is 4.70. The Labute approximate surface area is 203 Å². The SMILES string of the molecule is COc1ccc(C(=O)Nc2ccc(SC3CC(=O)N(c4ccc(I)cc4)C3=O)cc2)cc1. The van der Waals surface area contributed by atoms with Crippen molar-refractivity contribution in [2.75, 3.05) is 17.3 Å². The standard InChI is InChI=1S/C24H19IN2O4S/c1-31-19-10-2-15(3-11-19)23(29)26-17-6-12-20(13-7-17)32-21-14-22(28)27(24(21)30)18-8-4-16(25)5-9-18/h2-13,21H,14H2,1H3,(H,26,29). The third-order valence-electron chi connectivity index (χ3n) is 4.93. The van der Waals surface area contributed by atoms with Crippen LogP contribution in [0.15, 0.2) is 77.7 Å². The topological polar surface area (TPSA) is 75.7 Å². The predicted molar refractivity (Wildman–Crippen MR) is 133 cm³/mol. The Balaban J connectivity index is 1.39. The first kappa shape index (κ1) is 22.3. The number of rotatable bonds is 6. The molecule has 1 saturated heterocycles. The minimum atomic E-state index is -0.471. The van der Waals surface area contributed by atoms with Gasteiger partial charge in [-0.25, -0.2) is 4.90 Å². The molecule has 0 spiro atoms. The van der Waals surface area contributed by atoms with Crippen molar-refractivity contribution >= 4 is 63.4 Å². The lowest BCUT2D eigenvalue weighted by Gasteiger charge is -2.15. The van der Waals surface area contributed by atoms with Crippen LogP contribution in [0.1, 0.15) is 16.8 Å². The minimum absolute atomic E-state index is 0.158. The highest BCUT2D eigenvalue weighted by Crippen LogP contribution is 2.34. The number of carbonyl (C=O) groups is 3. The van der Waals surface area contributed by atoms with Gasteiger partial charge in [0.2, 0.25) is 11.8 Å². The van der Waals surface area contributed by atoms with Crippen molar-refractivity contribution in [3.63, 3.8) is 0 Å². The van der Waals surface area contributed by atoms with Crippen LogP contribution >= 0.6 is 34.4 Å². The molecule has 0 saturated carbocycles. The van der Waals surface area contributed by atoms with Gasteiger partial charge in [0.15, 0.2) is 0 Å². The normalized spacial score (nSPS) is 15.7. The number of imide groups is 1. The number of nitrogens with zero attached hydrogens (tertiary/aromatic N) is 1. The van der Waals surface area contributed by atoms with Crippen LogP contribution in [0.25, 0.3) is 0 Å². The fourth-order valence-electron chi connectivity index (χ4n) is 3.28. The lowest BCUT2D eigenvalue weighted by atomic mass is 10.2. The minimum Gasteiger partial charge on any atom is -0.497 e. The molecule has 1 aliphatic heterocycles. The molecule has 3 amide bonds. The first-order valence-electron chi connectivity index (χ1n) is 9.79. The maximum atomic E-state index is 12.8. The zero-order chi connectivity index (χ0) is 22.7. The number of ether oxygens (including phenoxy) is 1. The van der Waals surface area contributed by atoms with Crippen molar-refractivity contribution in [2.45, 2.75) is 16.6 Å². The van der Waals surface area contributed by atoms with Crippen molar-refractivity contribution in [3.8, 4) is 5.75 Å². The molecule has 1 heterocycles. The molecule has 6 nitrogen and oxygen atoms in total. The van der Waals surface area contributed by atoms with Gasteiger partial charge >= 0.3 is 0 Å². The van der Waals surface area contributed by atoms with Crippen molar-refractivity contribution in [1.29, 1.82) is 0 Å². The lowest BCUT2D eigenvalue weighted by molar-refractivity contribution is -0.121. The largest absolute Gasteiger partial charge is 0.497 e. The molecule has 0 aliphatic carbocycles. The molecule has 8 heteroatoms. The van der Waals surface area contributed by atoms with E-state index in [4.69, 9.17) is 4.74 Å². The summed E-state index contributed by atoms with van der Waals surface area (Å²) in [5, 5.41) is 2.38. The molecule has 1 atom stereocenters. The first-order chi connectivity index (χ1) is 15.4. The van der Waals surface area contributed by atoms with Gasteiger partial charge < -0.3 is 10.1 Å². The molecular formula is C24H19IN2O4S. The number of methoxy groups -OCH3 is 1. The van der Waals surface area contributed by atoms with Crippen molar-refractivity contribution in [3.05, 3.63) is 81.9 Å². The van der Waals surface area contributed by atoms with Crippen molar-refractivity contribution in [1.82, 2.24) is 0 Å². The highest BCUT2D eigenvalue weighted by atomic mass is 127. The molecule has 1 N–H and O–H groups in total. The third kappa shape index (κ3) is 4.97. The molecular weight excluding hydrogens is 539 g/mol. The van der Waals surface area contributed by atoms with E-state index in [0.29, 0.717) is 22.7 Å². The number of thioether (sulfide) groups is 1. The van der Waals surface area contributed by atoms with Crippen LogP contribution in [0.5, 0.6) is 5.75 Å². The molecule has 0 radical (unpaired) electrons. The van der Waals surface area contributed by atoms with Gasteiger partial charge in [-0.1, -0.05) is 0 Å². The van der Waals surface area contributed by atoms with E-state index in [0.717, 1.165) is 8.47 Å². The summed E-state index contributed by atoms with van der Waals surface area (Å²) in [7, 11) is 1.57. The Kier molecular flexibility index (Phi) is 6.80. The van der Waals surface area contributed by atoms with Gasteiger partial charge in [-0.3, -0.25) is 14.4 Å². The molecule has 3 aromatic rings. The van der Waals surface area contributed by atoms with Crippen molar-refractivity contribution < 1.29 is 19.1 Å². The van der Waals surface area contributed by atoms with Gasteiger partial charge in [0, 0.05) is 26.1 Å². The maximum absolute atomic E-state index is 12.8. The number of halogens is 1. The fraction of sp³-hybridized carbons (Fsp3) is 0.125. The Morgan fingerprint density at radius 2 is 1.66 bits per heavy atom. The van der Waals surface area contributed by atoms with E-state index >= 15 is 0 Å². The number of amides is 3. The van der Waals surface area contributed by atoms with E-state index in [1.54, 1.807) is 55.6 Å². The number of benzene rings is 3. The van der Waals surface area contributed by atoms with E-state index in [-0.39, 0.29) is 24.1 Å². The van der Waals surface area contributed by atoms with Crippen LogP contribution in [0.3, 0.4) is 0 Å². The summed E-state index contributed by atoms with van der Waals surface area (Å²) in [5.41, 5.74) is 1.76. The molecule has 1 unspecified atom stereocenters. The molecule has 3 aromatic carbocycles. The average molecular weight is 558 g/mol. The Hall–Kier alpha value is -2.85. The van der Waals surface area contributed by atoms with E-state index in [1.165, 1.54) is 16.7 Å². The second-order valence-electron chi connectivity index (χ2n) is 7.06. The lowest BCUT2D eigenvalue weighted by Crippen LogP contribution is -2.31. The van der Waals surface area contributed by atoms with Crippen LogP contribution in [0.4, 0.5) is 11.4 Å². The van der Waals surface area contributed by atoms with E-state index in [1.807, 2.05) is 24.3 Å². The van der Waals surface area contributed by atoms with Gasteiger partial charge in [0.05, 0.1) is 18.0 Å². The molecule has 1 aliphatic rings. The Bertz CT molecular complexity index is 1150. The zero-order valence-corrected chi connectivity index (χ0v) is 20.1. The molecule has 4 rings (SSSR count). The molecule has 0 aromatic heterocycles. The van der Waals surface area contributed by atoms with Gasteiger partial charge in [0.1, 0.15) is 5.75 Å². The molecule has 162 valence electrons. The second kappa shape index (κ2) is 9.74. The van der Waals surface area contributed by atoms with Gasteiger partial charge in [0.25, 0.3) is 5.91 Å². The van der Waals surface area contributed by atoms with E-state index < -0.39 is 5.25 Å². The summed E-state index contributed by atoms with van der Waals surface area (Å²) >= 11 is 3.53. The second-order valence-corrected chi connectivity index (χ2v) is 9.58. The Morgan fingerprint density at radius 3 is 2.28 bits per heavy atom. The van der Waals surface area contributed by atoms with Crippen molar-refractivity contribution in [2.24, 2.45) is 0 Å². The molecule has 0 bridgehead atoms. The van der Waals surface area contributed by atoms with E-state index in [2.05, 4.69) is 27.9 Å². The molecule has 1 fully saturated rings. The highest BCUT2D eigenvalue weighted by molar-refractivity contribution is 14.1. The Morgan fingerprint density at radius 1 is 1.00 bits per heavy atom. The van der Waals surface area contributed by atoms with E-state index in [9.17, 15) is 14.4 Å². The monoisotopic (exact) mass is 558 g/mol. The number of hydrogen-bond donors (Lipinski definition) is 1. The van der Waals surface area contributed by atoms with Crippen LogP contribution in [0, 0.1) is 3.57 Å². The highest BCUT2D eigenvalue weighted by Gasteiger charge is 2.40. The average Bonchev–Trinajstić information content (AvgIpc) is 3.08.